The molecule has 0 bridgehead atoms. The van der Waals surface area contributed by atoms with E-state index in [0.29, 0.717) is 12.1 Å². The second-order valence-corrected chi connectivity index (χ2v) is 4.19. The zero-order chi connectivity index (χ0) is 11.3. The van der Waals surface area contributed by atoms with Crippen molar-refractivity contribution in [3.8, 4) is 0 Å². The monoisotopic (exact) mass is 209 g/mol. The number of nitrogens with one attached hydrogen (secondary N) is 1. The largest absolute Gasteiger partial charge is 0.310 e. The van der Waals surface area contributed by atoms with Crippen molar-refractivity contribution in [3.63, 3.8) is 0 Å². The van der Waals surface area contributed by atoms with Crippen LogP contribution >= 0.6 is 0 Å². The van der Waals surface area contributed by atoms with Crippen LogP contribution < -0.4 is 5.32 Å². The molecule has 2 unspecified atom stereocenters. The van der Waals surface area contributed by atoms with Gasteiger partial charge in [0.15, 0.2) is 0 Å². The van der Waals surface area contributed by atoms with Crippen LogP contribution in [0.25, 0.3) is 0 Å². The van der Waals surface area contributed by atoms with Crippen LogP contribution in [-0.2, 0) is 0 Å². The topological polar surface area (TPSA) is 29.9 Å². The Morgan fingerprint density at radius 1 is 1.40 bits per heavy atom. The number of hydrogen-bond donors (Lipinski definition) is 1. The minimum atomic E-state index is 0.405. The first-order chi connectivity index (χ1) is 7.19. The lowest BCUT2D eigenvalue weighted by atomic mass is 10.2. The highest BCUT2D eigenvalue weighted by Gasteiger charge is 2.09. The molecule has 0 aliphatic carbocycles. The quantitative estimate of drug-likeness (QED) is 0.780. The van der Waals surface area contributed by atoms with Crippen LogP contribution in [0.4, 0.5) is 0 Å². The SMILES string of the molecule is CCCNC(C)c1cnn(C(C)CC)c1. The van der Waals surface area contributed by atoms with E-state index < -0.39 is 0 Å². The summed E-state index contributed by atoms with van der Waals surface area (Å²) in [6.07, 6.45) is 6.42. The zero-order valence-electron chi connectivity index (χ0n) is 10.3. The standard InChI is InChI=1S/C12H23N3/c1-5-7-13-11(4)12-8-14-15(9-12)10(3)6-2/h8-11,13H,5-7H2,1-4H3. The first kappa shape index (κ1) is 12.2. The molecule has 0 radical (unpaired) electrons. The highest BCUT2D eigenvalue weighted by Crippen LogP contribution is 2.15. The molecule has 1 N–H and O–H groups in total. The highest BCUT2D eigenvalue weighted by atomic mass is 15.3. The van der Waals surface area contributed by atoms with Crippen LogP contribution in [0.1, 0.15) is 58.2 Å². The van der Waals surface area contributed by atoms with Crippen molar-refractivity contribution in [1.29, 1.82) is 0 Å². The second-order valence-electron chi connectivity index (χ2n) is 4.19. The average molecular weight is 209 g/mol. The van der Waals surface area contributed by atoms with E-state index >= 15 is 0 Å². The Balaban J connectivity index is 2.58. The summed E-state index contributed by atoms with van der Waals surface area (Å²) in [5, 5.41) is 7.86. The second kappa shape index (κ2) is 5.91. The Morgan fingerprint density at radius 3 is 2.73 bits per heavy atom. The smallest absolute Gasteiger partial charge is 0.0537 e. The minimum absolute atomic E-state index is 0.405. The Labute approximate surface area is 92.9 Å². The van der Waals surface area contributed by atoms with Crippen LogP contribution in [0.15, 0.2) is 12.4 Å². The summed E-state index contributed by atoms with van der Waals surface area (Å²) in [5.74, 6) is 0. The summed E-state index contributed by atoms with van der Waals surface area (Å²) >= 11 is 0. The fraction of sp³-hybridized carbons (Fsp3) is 0.750. The molecule has 0 aliphatic rings. The fourth-order valence-corrected chi connectivity index (χ4v) is 1.48. The van der Waals surface area contributed by atoms with Crippen LogP contribution in [0, 0.1) is 0 Å². The van der Waals surface area contributed by atoms with Crippen molar-refractivity contribution in [1.82, 2.24) is 15.1 Å². The maximum Gasteiger partial charge on any atom is 0.0537 e. The molecule has 2 atom stereocenters. The molecule has 0 aliphatic heterocycles. The summed E-state index contributed by atoms with van der Waals surface area (Å²) in [4.78, 5) is 0. The summed E-state index contributed by atoms with van der Waals surface area (Å²) < 4.78 is 2.06. The third-order valence-electron chi connectivity index (χ3n) is 2.86. The van der Waals surface area contributed by atoms with Crippen molar-refractivity contribution < 1.29 is 0 Å². The molecular weight excluding hydrogens is 186 g/mol. The fourth-order valence-electron chi connectivity index (χ4n) is 1.48. The first-order valence-electron chi connectivity index (χ1n) is 5.96. The number of hydrogen-bond acceptors (Lipinski definition) is 2. The molecule has 0 spiro atoms. The molecule has 0 amide bonds. The number of nitrogens with zero attached hydrogens (tertiary/aromatic N) is 2. The van der Waals surface area contributed by atoms with Crippen LogP contribution in [0.2, 0.25) is 0 Å². The van der Waals surface area contributed by atoms with E-state index in [2.05, 4.69) is 49.0 Å². The molecule has 1 heterocycles. The van der Waals surface area contributed by atoms with Gasteiger partial charge in [-0.1, -0.05) is 13.8 Å². The van der Waals surface area contributed by atoms with Gasteiger partial charge >= 0.3 is 0 Å². The van der Waals surface area contributed by atoms with Gasteiger partial charge in [0, 0.05) is 23.8 Å². The van der Waals surface area contributed by atoms with Gasteiger partial charge in [-0.2, -0.15) is 5.10 Å². The lowest BCUT2D eigenvalue weighted by Crippen LogP contribution is -2.18. The van der Waals surface area contributed by atoms with Crippen molar-refractivity contribution in [2.45, 2.75) is 52.6 Å². The molecular formula is C12H23N3. The van der Waals surface area contributed by atoms with Crippen molar-refractivity contribution >= 4 is 0 Å². The summed E-state index contributed by atoms with van der Waals surface area (Å²) in [5.41, 5.74) is 1.28. The van der Waals surface area contributed by atoms with Crippen molar-refractivity contribution in [2.75, 3.05) is 6.54 Å². The third kappa shape index (κ3) is 3.34. The predicted octanol–water partition coefficient (Wildman–Crippen LogP) is 2.91. The average Bonchev–Trinajstić information content (AvgIpc) is 2.74. The van der Waals surface area contributed by atoms with Gasteiger partial charge in [-0.25, -0.2) is 0 Å². The van der Waals surface area contributed by atoms with Crippen LogP contribution in [-0.4, -0.2) is 16.3 Å². The first-order valence-corrected chi connectivity index (χ1v) is 5.96. The Bertz CT molecular complexity index is 280. The molecule has 1 aromatic heterocycles. The summed E-state index contributed by atoms with van der Waals surface area (Å²) in [7, 11) is 0. The molecule has 1 aromatic rings. The van der Waals surface area contributed by atoms with Gasteiger partial charge < -0.3 is 5.32 Å². The summed E-state index contributed by atoms with van der Waals surface area (Å²) in [6, 6.07) is 0.903. The highest BCUT2D eigenvalue weighted by molar-refractivity contribution is 5.09. The molecule has 86 valence electrons. The normalized spacial score (nSPS) is 15.2. The Morgan fingerprint density at radius 2 is 2.13 bits per heavy atom. The molecule has 3 nitrogen and oxygen atoms in total. The molecule has 1 rings (SSSR count). The zero-order valence-corrected chi connectivity index (χ0v) is 10.3. The maximum atomic E-state index is 4.39. The van der Waals surface area contributed by atoms with Gasteiger partial charge in [0.2, 0.25) is 0 Å². The summed E-state index contributed by atoms with van der Waals surface area (Å²) in [6.45, 7) is 9.82. The van der Waals surface area contributed by atoms with E-state index in [1.165, 1.54) is 12.0 Å². The van der Waals surface area contributed by atoms with E-state index in [9.17, 15) is 0 Å². The molecule has 0 fully saturated rings. The van der Waals surface area contributed by atoms with Crippen molar-refractivity contribution in [2.24, 2.45) is 0 Å². The Hall–Kier alpha value is -0.830. The molecule has 15 heavy (non-hydrogen) atoms. The lowest BCUT2D eigenvalue weighted by Gasteiger charge is -2.11. The van der Waals surface area contributed by atoms with Gasteiger partial charge in [0.25, 0.3) is 0 Å². The Kier molecular flexibility index (Phi) is 4.82. The van der Waals surface area contributed by atoms with E-state index in [0.717, 1.165) is 13.0 Å². The van der Waals surface area contributed by atoms with Crippen LogP contribution in [0.5, 0.6) is 0 Å². The maximum absolute atomic E-state index is 4.39. The molecule has 0 saturated heterocycles. The van der Waals surface area contributed by atoms with Gasteiger partial charge in [-0.15, -0.1) is 0 Å². The van der Waals surface area contributed by atoms with E-state index in [-0.39, 0.29) is 0 Å². The van der Waals surface area contributed by atoms with Gasteiger partial charge in [0.05, 0.1) is 6.20 Å². The van der Waals surface area contributed by atoms with Gasteiger partial charge in [0.1, 0.15) is 0 Å². The predicted molar refractivity (Wildman–Crippen MR) is 63.9 cm³/mol. The van der Waals surface area contributed by atoms with E-state index in [1.54, 1.807) is 0 Å². The number of aromatic nitrogens is 2. The van der Waals surface area contributed by atoms with Crippen LogP contribution in [0.3, 0.4) is 0 Å². The van der Waals surface area contributed by atoms with Crippen molar-refractivity contribution in [3.05, 3.63) is 18.0 Å². The van der Waals surface area contributed by atoms with E-state index in [1.807, 2.05) is 6.20 Å². The minimum Gasteiger partial charge on any atom is -0.310 e. The van der Waals surface area contributed by atoms with Gasteiger partial charge in [-0.05, 0) is 33.2 Å². The van der Waals surface area contributed by atoms with E-state index in [4.69, 9.17) is 0 Å². The number of rotatable bonds is 6. The molecule has 0 aromatic carbocycles. The lowest BCUT2D eigenvalue weighted by molar-refractivity contribution is 0.476. The third-order valence-corrected chi connectivity index (χ3v) is 2.86. The van der Waals surface area contributed by atoms with Gasteiger partial charge in [-0.3, -0.25) is 4.68 Å². The molecule has 3 heteroatoms. The molecule has 0 saturated carbocycles.